The number of carbonyl (C=O) groups excluding carboxylic acids is 1. The van der Waals surface area contributed by atoms with Gasteiger partial charge in [0.1, 0.15) is 6.10 Å². The summed E-state index contributed by atoms with van der Waals surface area (Å²) < 4.78 is 0. The summed E-state index contributed by atoms with van der Waals surface area (Å²) in [6, 6.07) is 0. The highest BCUT2D eigenvalue weighted by atomic mass is 16.3. The molecule has 1 heterocycles. The van der Waals surface area contributed by atoms with Crippen molar-refractivity contribution in [2.75, 3.05) is 6.54 Å². The molecule has 0 aliphatic carbocycles. The molecule has 1 rings (SSSR count). The van der Waals surface area contributed by atoms with E-state index in [1.807, 2.05) is 20.8 Å². The topological polar surface area (TPSA) is 40.5 Å². The van der Waals surface area contributed by atoms with Crippen LogP contribution < -0.4 is 0 Å². The Morgan fingerprint density at radius 1 is 1.50 bits per heavy atom. The average Bonchev–Trinajstić information content (AvgIpc) is 1.92. The first-order chi connectivity index (χ1) is 5.43. The second-order valence-corrected chi connectivity index (χ2v) is 4.32. The fourth-order valence-electron chi connectivity index (χ4n) is 1.52. The molecule has 70 valence electrons. The first kappa shape index (κ1) is 9.52. The minimum atomic E-state index is -0.766. The minimum absolute atomic E-state index is 0.117. The van der Waals surface area contributed by atoms with E-state index in [2.05, 4.69) is 0 Å². The third kappa shape index (κ3) is 1.78. The van der Waals surface area contributed by atoms with Crippen LogP contribution in [0.4, 0.5) is 0 Å². The fourth-order valence-corrected chi connectivity index (χ4v) is 1.52. The number of rotatable bonds is 0. The number of nitrogens with zero attached hydrogens (tertiary/aromatic N) is 1. The van der Waals surface area contributed by atoms with Crippen LogP contribution in [-0.4, -0.2) is 34.1 Å². The van der Waals surface area contributed by atoms with Gasteiger partial charge >= 0.3 is 0 Å². The Morgan fingerprint density at radius 2 is 2.08 bits per heavy atom. The zero-order valence-electron chi connectivity index (χ0n) is 8.00. The lowest BCUT2D eigenvalue weighted by Gasteiger charge is -2.40. The lowest BCUT2D eigenvalue weighted by Crippen LogP contribution is -2.53. The number of piperidine rings is 1. The van der Waals surface area contributed by atoms with E-state index in [1.165, 1.54) is 0 Å². The van der Waals surface area contributed by atoms with Gasteiger partial charge in [0, 0.05) is 12.1 Å². The van der Waals surface area contributed by atoms with Crippen LogP contribution in [0.5, 0.6) is 0 Å². The van der Waals surface area contributed by atoms with Crippen molar-refractivity contribution < 1.29 is 9.90 Å². The molecule has 1 atom stereocenters. The Kier molecular flexibility index (Phi) is 2.42. The van der Waals surface area contributed by atoms with Crippen LogP contribution in [0.2, 0.25) is 0 Å². The van der Waals surface area contributed by atoms with Crippen molar-refractivity contribution in [2.45, 2.75) is 45.3 Å². The molecule has 1 unspecified atom stereocenters. The molecule has 3 heteroatoms. The highest BCUT2D eigenvalue weighted by molar-refractivity contribution is 5.82. The Hall–Kier alpha value is -0.570. The summed E-state index contributed by atoms with van der Waals surface area (Å²) in [5, 5.41) is 9.32. The zero-order chi connectivity index (χ0) is 9.35. The molecule has 0 spiro atoms. The van der Waals surface area contributed by atoms with Gasteiger partial charge in [-0.1, -0.05) is 0 Å². The third-order valence-corrected chi connectivity index (χ3v) is 2.22. The molecule has 0 bridgehead atoms. The molecule has 1 N–H and O–H groups in total. The van der Waals surface area contributed by atoms with Crippen molar-refractivity contribution in [1.82, 2.24) is 4.90 Å². The summed E-state index contributed by atoms with van der Waals surface area (Å²) in [5.41, 5.74) is -0.154. The van der Waals surface area contributed by atoms with E-state index in [0.29, 0.717) is 6.42 Å². The quantitative estimate of drug-likeness (QED) is 0.584. The van der Waals surface area contributed by atoms with Crippen LogP contribution in [0.15, 0.2) is 0 Å². The monoisotopic (exact) mass is 171 g/mol. The van der Waals surface area contributed by atoms with E-state index in [4.69, 9.17) is 0 Å². The molecular formula is C9H17NO2. The lowest BCUT2D eigenvalue weighted by atomic mass is 9.99. The van der Waals surface area contributed by atoms with Gasteiger partial charge in [0.05, 0.1) is 0 Å². The standard InChI is InChI=1S/C9H17NO2/c1-9(2,3)10-6-4-5-7(11)8(10)12/h7,11H,4-6H2,1-3H3. The number of aliphatic hydroxyl groups excluding tert-OH is 1. The molecule has 0 radical (unpaired) electrons. The summed E-state index contributed by atoms with van der Waals surface area (Å²) in [4.78, 5) is 13.2. The molecule has 0 aromatic heterocycles. The SMILES string of the molecule is CC(C)(C)N1CCCC(O)C1=O. The minimum Gasteiger partial charge on any atom is -0.383 e. The number of likely N-dealkylation sites (tertiary alicyclic amines) is 1. The third-order valence-electron chi connectivity index (χ3n) is 2.22. The number of amides is 1. The van der Waals surface area contributed by atoms with Gasteiger partial charge in [-0.05, 0) is 33.6 Å². The van der Waals surface area contributed by atoms with Gasteiger partial charge in [0.2, 0.25) is 0 Å². The first-order valence-electron chi connectivity index (χ1n) is 4.42. The number of hydrogen-bond donors (Lipinski definition) is 1. The van der Waals surface area contributed by atoms with E-state index in [-0.39, 0.29) is 11.4 Å². The van der Waals surface area contributed by atoms with E-state index < -0.39 is 6.10 Å². The van der Waals surface area contributed by atoms with E-state index in [0.717, 1.165) is 13.0 Å². The van der Waals surface area contributed by atoms with Crippen molar-refractivity contribution in [1.29, 1.82) is 0 Å². The van der Waals surface area contributed by atoms with E-state index >= 15 is 0 Å². The molecule has 0 aromatic carbocycles. The van der Waals surface area contributed by atoms with Gasteiger partial charge in [-0.15, -0.1) is 0 Å². The molecule has 0 saturated carbocycles. The van der Waals surface area contributed by atoms with E-state index in [1.54, 1.807) is 4.90 Å². The summed E-state index contributed by atoms with van der Waals surface area (Å²) in [6.45, 7) is 6.74. The van der Waals surface area contributed by atoms with Gasteiger partial charge in [0.15, 0.2) is 0 Å². The van der Waals surface area contributed by atoms with Crippen LogP contribution in [0.1, 0.15) is 33.6 Å². The second kappa shape index (κ2) is 3.05. The van der Waals surface area contributed by atoms with Gasteiger partial charge in [-0.3, -0.25) is 4.79 Å². The van der Waals surface area contributed by atoms with Crippen molar-refractivity contribution >= 4 is 5.91 Å². The largest absolute Gasteiger partial charge is 0.383 e. The highest BCUT2D eigenvalue weighted by Crippen LogP contribution is 2.20. The Balaban J connectivity index is 2.71. The zero-order valence-corrected chi connectivity index (χ0v) is 8.00. The lowest BCUT2D eigenvalue weighted by molar-refractivity contribution is -0.149. The summed E-state index contributed by atoms with van der Waals surface area (Å²) in [7, 11) is 0. The molecule has 1 aliphatic heterocycles. The number of carbonyl (C=O) groups is 1. The molecule has 1 fully saturated rings. The summed E-state index contributed by atoms with van der Waals surface area (Å²) in [6.07, 6.45) is 0.758. The van der Waals surface area contributed by atoms with Crippen molar-refractivity contribution in [3.05, 3.63) is 0 Å². The predicted octanol–water partition coefficient (Wildman–Crippen LogP) is 0.768. The van der Waals surface area contributed by atoms with Crippen LogP contribution in [0.25, 0.3) is 0 Å². The second-order valence-electron chi connectivity index (χ2n) is 4.32. The van der Waals surface area contributed by atoms with Crippen LogP contribution in [0.3, 0.4) is 0 Å². The fraction of sp³-hybridized carbons (Fsp3) is 0.889. The summed E-state index contributed by atoms with van der Waals surface area (Å²) >= 11 is 0. The maximum absolute atomic E-state index is 11.4. The maximum Gasteiger partial charge on any atom is 0.251 e. The Bertz CT molecular complexity index is 183. The molecule has 0 aromatic rings. The smallest absolute Gasteiger partial charge is 0.251 e. The summed E-state index contributed by atoms with van der Waals surface area (Å²) in [5.74, 6) is -0.117. The molecule has 3 nitrogen and oxygen atoms in total. The van der Waals surface area contributed by atoms with Gasteiger partial charge in [-0.25, -0.2) is 0 Å². The van der Waals surface area contributed by atoms with Crippen LogP contribution in [-0.2, 0) is 4.79 Å². The Morgan fingerprint density at radius 3 is 2.50 bits per heavy atom. The van der Waals surface area contributed by atoms with Crippen LogP contribution in [0, 0.1) is 0 Å². The highest BCUT2D eigenvalue weighted by Gasteiger charge is 2.33. The molecule has 1 aliphatic rings. The predicted molar refractivity (Wildman–Crippen MR) is 46.7 cm³/mol. The maximum atomic E-state index is 11.4. The Labute approximate surface area is 73.4 Å². The normalized spacial score (nSPS) is 26.2. The van der Waals surface area contributed by atoms with Crippen molar-refractivity contribution in [2.24, 2.45) is 0 Å². The van der Waals surface area contributed by atoms with E-state index in [9.17, 15) is 9.90 Å². The molecule has 1 saturated heterocycles. The van der Waals surface area contributed by atoms with Gasteiger partial charge < -0.3 is 10.0 Å². The van der Waals surface area contributed by atoms with Crippen molar-refractivity contribution in [3.63, 3.8) is 0 Å². The van der Waals surface area contributed by atoms with Gasteiger partial charge in [-0.2, -0.15) is 0 Å². The number of hydrogen-bond acceptors (Lipinski definition) is 2. The average molecular weight is 171 g/mol. The van der Waals surface area contributed by atoms with Crippen molar-refractivity contribution in [3.8, 4) is 0 Å². The number of aliphatic hydroxyl groups is 1. The molecular weight excluding hydrogens is 154 g/mol. The van der Waals surface area contributed by atoms with Gasteiger partial charge in [0.25, 0.3) is 5.91 Å². The first-order valence-corrected chi connectivity index (χ1v) is 4.42. The molecule has 12 heavy (non-hydrogen) atoms. The molecule has 1 amide bonds. The van der Waals surface area contributed by atoms with Crippen LogP contribution >= 0.6 is 0 Å².